The second-order valence-corrected chi connectivity index (χ2v) is 22.9. The van der Waals surface area contributed by atoms with Crippen LogP contribution < -0.4 is 0 Å². The first-order valence-corrected chi connectivity index (χ1v) is 35.8. The Morgan fingerprint density at radius 3 is 1.29 bits per heavy atom. The summed E-state index contributed by atoms with van der Waals surface area (Å²) < 4.78 is 35.3. The molecule has 0 N–H and O–H groups in total. The van der Waals surface area contributed by atoms with Crippen molar-refractivity contribution in [2.45, 2.75) is 104 Å². The molecule has 0 aliphatic rings. The first-order chi connectivity index (χ1) is 41.1. The molecule has 0 saturated heterocycles. The maximum atomic E-state index is 12.8. The highest BCUT2D eigenvalue weighted by Gasteiger charge is 2.02. The van der Waals surface area contributed by atoms with E-state index in [1.165, 1.54) is 60.5 Å². The second kappa shape index (κ2) is 46.4. The van der Waals surface area contributed by atoms with Gasteiger partial charge in [0.2, 0.25) is 0 Å². The smallest absolute Gasteiger partial charge is 0.150 e. The molecule has 0 bridgehead atoms. The van der Waals surface area contributed by atoms with E-state index in [1.807, 2.05) is 186 Å². The van der Waals surface area contributed by atoms with Crippen molar-refractivity contribution in [2.75, 3.05) is 0 Å². The summed E-state index contributed by atoms with van der Waals surface area (Å²) in [5, 5.41) is 1.51. The molecule has 7 aromatic heterocycles. The molecular weight excluding hydrogens is 1360 g/mol. The lowest BCUT2D eigenvalue weighted by atomic mass is 10.2. The third kappa shape index (κ3) is 26.0. The Hall–Kier alpha value is -4.83. The highest BCUT2D eigenvalue weighted by Crippen LogP contribution is 2.27. The van der Waals surface area contributed by atoms with Gasteiger partial charge in [-0.15, -0.1) is 79.4 Å². The molecule has 14 aromatic rings. The molecular formula is C64H73Br2Cl2F2N7S7. The van der Waals surface area contributed by atoms with E-state index in [-0.39, 0.29) is 11.6 Å². The van der Waals surface area contributed by atoms with Gasteiger partial charge in [0.25, 0.3) is 0 Å². The molecule has 7 heterocycles. The summed E-state index contributed by atoms with van der Waals surface area (Å²) >= 11 is 29.5. The number of fused-ring (bicyclic) bond motifs is 7. The van der Waals surface area contributed by atoms with Crippen LogP contribution in [0.2, 0.25) is 10.0 Å². The molecule has 0 saturated carbocycles. The first kappa shape index (κ1) is 77.2. The molecule has 0 aliphatic carbocycles. The monoisotopic (exact) mass is 1430 g/mol. The van der Waals surface area contributed by atoms with E-state index in [0.29, 0.717) is 5.52 Å². The van der Waals surface area contributed by atoms with Crippen LogP contribution in [0.4, 0.5) is 8.78 Å². The van der Waals surface area contributed by atoms with Gasteiger partial charge in [-0.2, -0.15) is 0 Å². The van der Waals surface area contributed by atoms with E-state index in [0.717, 1.165) is 70.9 Å². The molecule has 0 atom stereocenters. The van der Waals surface area contributed by atoms with Gasteiger partial charge in [-0.05, 0) is 132 Å². The van der Waals surface area contributed by atoms with Crippen LogP contribution in [0.15, 0.2) is 175 Å². The molecule has 0 unspecified atom stereocenters. The van der Waals surface area contributed by atoms with Crippen molar-refractivity contribution in [3.63, 3.8) is 0 Å². The van der Waals surface area contributed by atoms with Crippen LogP contribution in [0.5, 0.6) is 0 Å². The predicted octanol–water partition coefficient (Wildman–Crippen LogP) is 26.7. The highest BCUT2D eigenvalue weighted by molar-refractivity contribution is 9.11. The maximum Gasteiger partial charge on any atom is 0.150 e. The van der Waals surface area contributed by atoms with Crippen molar-refractivity contribution in [3.8, 4) is 0 Å². The average molecular weight is 1430 g/mol. The van der Waals surface area contributed by atoms with Crippen LogP contribution in [0, 0.1) is 18.6 Å². The van der Waals surface area contributed by atoms with Gasteiger partial charge < -0.3 is 0 Å². The van der Waals surface area contributed by atoms with Crippen LogP contribution in [0.25, 0.3) is 71.5 Å². The lowest BCUT2D eigenvalue weighted by Gasteiger charge is -1.88. The zero-order chi connectivity index (χ0) is 62.8. The zero-order valence-corrected chi connectivity index (χ0v) is 60.3. The van der Waals surface area contributed by atoms with E-state index >= 15 is 0 Å². The number of aromatic nitrogens is 7. The van der Waals surface area contributed by atoms with E-state index in [9.17, 15) is 8.78 Å². The summed E-state index contributed by atoms with van der Waals surface area (Å²) in [5.41, 5.74) is 20.4. The lowest BCUT2D eigenvalue weighted by molar-refractivity contribution is 0.630. The minimum Gasteiger partial charge on any atom is -0.245 e. The van der Waals surface area contributed by atoms with Gasteiger partial charge in [-0.3, -0.25) is 0 Å². The zero-order valence-electron chi connectivity index (χ0n) is 49.9. The summed E-state index contributed by atoms with van der Waals surface area (Å²) in [6.07, 6.45) is 0. The molecule has 20 heteroatoms. The molecule has 84 heavy (non-hydrogen) atoms. The Bertz CT molecular complexity index is 3450. The normalized spacial score (nSPS) is 9.25. The van der Waals surface area contributed by atoms with E-state index in [1.54, 1.807) is 85.3 Å². The molecule has 0 amide bonds. The lowest BCUT2D eigenvalue weighted by Crippen LogP contribution is -1.73. The SMILES string of the molecule is Brc1ccc2ncsc2c1.Brc1cccc2scnc12.CC.CC.CC.CC.CC.CC.CC.Cc1ccc2scnc2c1.Clc1ccc2ncsc2c1.Clc1cccc2scnc12.Fc1ccc2ncsc2c1.Fc1cccc2scnc12. The predicted molar refractivity (Wildman–Crippen MR) is 387 cm³/mol. The Balaban J connectivity index is 0.000000473. The van der Waals surface area contributed by atoms with Crippen molar-refractivity contribution >= 4 is 206 Å². The summed E-state index contributed by atoms with van der Waals surface area (Å²) in [5.74, 6) is -0.435. The van der Waals surface area contributed by atoms with E-state index in [2.05, 4.69) is 104 Å². The van der Waals surface area contributed by atoms with Gasteiger partial charge in [0.15, 0.2) is 0 Å². The Kier molecular flexibility index (Phi) is 42.6. The molecule has 0 spiro atoms. The number of aryl methyl sites for hydroxylation is 1. The number of hydrogen-bond acceptors (Lipinski definition) is 14. The van der Waals surface area contributed by atoms with Crippen molar-refractivity contribution in [1.82, 2.24) is 34.9 Å². The van der Waals surface area contributed by atoms with Gasteiger partial charge in [-0.25, -0.2) is 43.7 Å². The van der Waals surface area contributed by atoms with Crippen molar-refractivity contribution < 1.29 is 8.78 Å². The Morgan fingerprint density at radius 1 is 0.345 bits per heavy atom. The van der Waals surface area contributed by atoms with Crippen molar-refractivity contribution in [2.24, 2.45) is 0 Å². The molecule has 14 rings (SSSR count). The maximum absolute atomic E-state index is 12.8. The largest absolute Gasteiger partial charge is 0.245 e. The average Bonchev–Trinajstić information content (AvgIpc) is 4.45. The standard InChI is InChI=1S/C8H7NS.2C7H4BrNS.2C7H4ClNS.2C7H4FNS.7C2H6/c1-6-2-3-8-7(4-6)9-5-10-8;8-5-1-2-6-7(3-5)10-4-9-6;8-5-2-1-3-6-7(5)9-4-10-6;8-5-1-2-6-7(3-5)10-4-9-6;8-5-2-1-3-6-7(5)9-4-10-6;8-5-1-2-6-7(3-5)10-4-9-6;8-5-2-1-3-6-7(5)9-4-10-6;7*1-2/h2-5H,1H3;6*1-4H;7*1-2H3. The summed E-state index contributed by atoms with van der Waals surface area (Å²) in [7, 11) is 0. The topological polar surface area (TPSA) is 90.2 Å². The molecule has 0 radical (unpaired) electrons. The van der Waals surface area contributed by atoms with Crippen LogP contribution in [0.3, 0.4) is 0 Å². The van der Waals surface area contributed by atoms with Gasteiger partial charge in [0.05, 0.1) is 110 Å². The number of nitrogens with zero attached hydrogens (tertiary/aromatic N) is 7. The third-order valence-electron chi connectivity index (χ3n) is 9.30. The van der Waals surface area contributed by atoms with Crippen LogP contribution in [-0.4, -0.2) is 34.9 Å². The van der Waals surface area contributed by atoms with E-state index in [4.69, 9.17) is 23.2 Å². The Labute approximate surface area is 550 Å². The van der Waals surface area contributed by atoms with Gasteiger partial charge in [0, 0.05) is 14.0 Å². The van der Waals surface area contributed by atoms with Crippen molar-refractivity contribution in [3.05, 3.63) is 202 Å². The fourth-order valence-electron chi connectivity index (χ4n) is 6.01. The van der Waals surface area contributed by atoms with Crippen molar-refractivity contribution in [1.29, 1.82) is 0 Å². The first-order valence-electron chi connectivity index (χ1n) is 27.3. The van der Waals surface area contributed by atoms with Gasteiger partial charge >= 0.3 is 0 Å². The van der Waals surface area contributed by atoms with Crippen LogP contribution >= 0.6 is 134 Å². The van der Waals surface area contributed by atoms with Crippen LogP contribution in [-0.2, 0) is 0 Å². The van der Waals surface area contributed by atoms with Gasteiger partial charge in [-0.1, -0.05) is 160 Å². The number of hydrogen-bond donors (Lipinski definition) is 0. The molecule has 0 aliphatic heterocycles. The van der Waals surface area contributed by atoms with Gasteiger partial charge in [0.1, 0.15) is 17.2 Å². The minimum atomic E-state index is -0.237. The molecule has 448 valence electrons. The molecule has 7 aromatic carbocycles. The molecule has 0 fully saturated rings. The second-order valence-electron chi connectivity index (χ2n) is 14.0. The number of halogens is 6. The fraction of sp³-hybridized carbons (Fsp3) is 0.234. The summed E-state index contributed by atoms with van der Waals surface area (Å²) in [4.78, 5) is 28.6. The van der Waals surface area contributed by atoms with Crippen LogP contribution in [0.1, 0.15) is 102 Å². The quantitative estimate of drug-likeness (QED) is 0.149. The number of rotatable bonds is 0. The minimum absolute atomic E-state index is 0.197. The number of thiazole rings is 7. The molecule has 7 nitrogen and oxygen atoms in total. The number of benzene rings is 7. The third-order valence-corrected chi connectivity index (χ3v) is 16.5. The number of para-hydroxylation sites is 3. The fourth-order valence-corrected chi connectivity index (χ4v) is 12.5. The van der Waals surface area contributed by atoms with E-state index < -0.39 is 0 Å². The summed E-state index contributed by atoms with van der Waals surface area (Å²) in [6.45, 7) is 30.1. The Morgan fingerprint density at radius 2 is 0.750 bits per heavy atom. The summed E-state index contributed by atoms with van der Waals surface area (Å²) in [6, 6.07) is 39.6. The highest BCUT2D eigenvalue weighted by atomic mass is 79.9.